The fourth-order valence-corrected chi connectivity index (χ4v) is 3.11. The van der Waals surface area contributed by atoms with Crippen LogP contribution in [0.25, 0.3) is 0 Å². The van der Waals surface area contributed by atoms with Gasteiger partial charge in [0.15, 0.2) is 5.76 Å². The van der Waals surface area contributed by atoms with Crippen molar-refractivity contribution in [1.82, 2.24) is 20.0 Å². The van der Waals surface area contributed by atoms with Crippen LogP contribution in [0.4, 0.5) is 0 Å². The van der Waals surface area contributed by atoms with Crippen molar-refractivity contribution in [2.45, 2.75) is 39.3 Å². The molecular formula is C17H23ClN4O2. The van der Waals surface area contributed by atoms with E-state index in [1.54, 1.807) is 10.7 Å². The predicted octanol–water partition coefficient (Wildman–Crippen LogP) is 2.62. The molecule has 1 fully saturated rings. The highest BCUT2D eigenvalue weighted by Crippen LogP contribution is 2.20. The Bertz CT molecular complexity index is 729. The number of aromatic nitrogens is 2. The molecule has 0 bridgehead atoms. The maximum atomic E-state index is 12.3. The molecule has 1 N–H and O–H groups in total. The van der Waals surface area contributed by atoms with Gasteiger partial charge >= 0.3 is 0 Å². The second-order valence-corrected chi connectivity index (χ2v) is 6.84. The van der Waals surface area contributed by atoms with Gasteiger partial charge in [-0.1, -0.05) is 11.6 Å². The molecule has 0 unspecified atom stereocenters. The molecular weight excluding hydrogens is 328 g/mol. The van der Waals surface area contributed by atoms with Gasteiger partial charge in [-0.05, 0) is 59.0 Å². The molecule has 2 aromatic rings. The van der Waals surface area contributed by atoms with E-state index in [4.69, 9.17) is 16.0 Å². The van der Waals surface area contributed by atoms with Gasteiger partial charge in [0.2, 0.25) is 0 Å². The Hall–Kier alpha value is -1.79. The number of aryl methyl sites for hydroxylation is 1. The van der Waals surface area contributed by atoms with Crippen molar-refractivity contribution in [3.05, 3.63) is 40.1 Å². The first-order chi connectivity index (χ1) is 11.4. The number of furan rings is 1. The van der Waals surface area contributed by atoms with Crippen LogP contribution in [0, 0.1) is 13.8 Å². The molecule has 1 amide bonds. The van der Waals surface area contributed by atoms with Crippen molar-refractivity contribution < 1.29 is 9.21 Å². The van der Waals surface area contributed by atoms with Crippen LogP contribution < -0.4 is 5.32 Å². The van der Waals surface area contributed by atoms with Gasteiger partial charge in [-0.2, -0.15) is 5.10 Å². The third kappa shape index (κ3) is 3.65. The second kappa shape index (κ2) is 6.99. The van der Waals surface area contributed by atoms with E-state index < -0.39 is 0 Å². The number of nitrogens with zero attached hydrogens (tertiary/aromatic N) is 3. The van der Waals surface area contributed by atoms with Gasteiger partial charge in [-0.15, -0.1) is 0 Å². The van der Waals surface area contributed by atoms with Crippen molar-refractivity contribution in [2.75, 3.05) is 20.1 Å². The summed E-state index contributed by atoms with van der Waals surface area (Å²) in [5.41, 5.74) is 1.68. The Balaban J connectivity index is 1.62. The number of rotatable bonds is 4. The summed E-state index contributed by atoms with van der Waals surface area (Å²) >= 11 is 6.16. The van der Waals surface area contributed by atoms with E-state index in [0.29, 0.717) is 23.1 Å². The Labute approximate surface area is 146 Å². The predicted molar refractivity (Wildman–Crippen MR) is 92.5 cm³/mol. The summed E-state index contributed by atoms with van der Waals surface area (Å²) < 4.78 is 7.48. The van der Waals surface area contributed by atoms with E-state index in [-0.39, 0.29) is 11.9 Å². The van der Waals surface area contributed by atoms with Gasteiger partial charge in [0.25, 0.3) is 5.91 Å². The highest BCUT2D eigenvalue weighted by molar-refractivity contribution is 6.31. The molecule has 3 heterocycles. The topological polar surface area (TPSA) is 63.3 Å². The summed E-state index contributed by atoms with van der Waals surface area (Å²) in [7, 11) is 2.10. The molecule has 0 radical (unpaired) electrons. The Morgan fingerprint density at radius 3 is 2.71 bits per heavy atom. The van der Waals surface area contributed by atoms with Crippen molar-refractivity contribution in [3.8, 4) is 0 Å². The van der Waals surface area contributed by atoms with Gasteiger partial charge < -0.3 is 14.6 Å². The van der Waals surface area contributed by atoms with E-state index in [9.17, 15) is 4.79 Å². The fourth-order valence-electron chi connectivity index (χ4n) is 2.97. The maximum absolute atomic E-state index is 12.3. The molecule has 0 aromatic carbocycles. The van der Waals surface area contributed by atoms with E-state index in [1.807, 2.05) is 19.9 Å². The highest BCUT2D eigenvalue weighted by atomic mass is 35.5. The van der Waals surface area contributed by atoms with Crippen LogP contribution in [0.15, 0.2) is 16.5 Å². The fraction of sp³-hybridized carbons (Fsp3) is 0.529. The Morgan fingerprint density at radius 1 is 1.38 bits per heavy atom. The van der Waals surface area contributed by atoms with E-state index >= 15 is 0 Å². The largest absolute Gasteiger partial charge is 0.454 e. The van der Waals surface area contributed by atoms with Crippen LogP contribution >= 0.6 is 11.6 Å². The number of carbonyl (C=O) groups is 1. The molecule has 2 aromatic heterocycles. The number of piperidine rings is 1. The van der Waals surface area contributed by atoms with Crippen LogP contribution in [-0.4, -0.2) is 46.8 Å². The standard InChI is InChI=1S/C17H23ClN4O2/c1-11-16(18)12(2)22(20-11)10-14-4-5-15(24-14)17(23)19-13-6-8-21(3)9-7-13/h4-5,13H,6-10H2,1-3H3,(H,19,23). The molecule has 1 saturated heterocycles. The van der Waals surface area contributed by atoms with E-state index in [2.05, 4.69) is 22.4 Å². The first-order valence-electron chi connectivity index (χ1n) is 8.21. The number of halogens is 1. The number of carbonyl (C=O) groups excluding carboxylic acids is 1. The van der Waals surface area contributed by atoms with Gasteiger partial charge in [0.05, 0.1) is 23.0 Å². The minimum Gasteiger partial charge on any atom is -0.454 e. The summed E-state index contributed by atoms with van der Waals surface area (Å²) in [6.45, 7) is 6.26. The summed E-state index contributed by atoms with van der Waals surface area (Å²) in [4.78, 5) is 14.6. The molecule has 7 heteroatoms. The summed E-state index contributed by atoms with van der Waals surface area (Å²) in [5, 5.41) is 8.10. The van der Waals surface area contributed by atoms with Crippen molar-refractivity contribution in [1.29, 1.82) is 0 Å². The number of nitrogens with one attached hydrogen (secondary N) is 1. The average molecular weight is 351 g/mol. The van der Waals surface area contributed by atoms with Gasteiger partial charge in [0.1, 0.15) is 5.76 Å². The van der Waals surface area contributed by atoms with Gasteiger partial charge in [-0.25, -0.2) is 0 Å². The third-order valence-corrected chi connectivity index (χ3v) is 5.09. The molecule has 1 aliphatic rings. The maximum Gasteiger partial charge on any atom is 0.287 e. The molecule has 1 aliphatic heterocycles. The average Bonchev–Trinajstić information content (AvgIpc) is 3.11. The molecule has 0 saturated carbocycles. The molecule has 3 rings (SSSR count). The van der Waals surface area contributed by atoms with Crippen LogP contribution in [0.2, 0.25) is 5.02 Å². The van der Waals surface area contributed by atoms with E-state index in [0.717, 1.165) is 37.3 Å². The van der Waals surface area contributed by atoms with Crippen LogP contribution in [0.5, 0.6) is 0 Å². The van der Waals surface area contributed by atoms with Gasteiger partial charge in [-0.3, -0.25) is 9.48 Å². The minimum atomic E-state index is -0.151. The SMILES string of the molecule is Cc1nn(Cc2ccc(C(=O)NC3CCN(C)CC3)o2)c(C)c1Cl. The summed E-state index contributed by atoms with van der Waals surface area (Å²) in [6.07, 6.45) is 1.94. The van der Waals surface area contributed by atoms with Crippen LogP contribution in [0.3, 0.4) is 0 Å². The zero-order valence-corrected chi connectivity index (χ0v) is 15.1. The monoisotopic (exact) mass is 350 g/mol. The lowest BCUT2D eigenvalue weighted by atomic mass is 10.1. The minimum absolute atomic E-state index is 0.151. The van der Waals surface area contributed by atoms with Gasteiger partial charge in [0, 0.05) is 6.04 Å². The number of likely N-dealkylation sites (tertiary alicyclic amines) is 1. The normalized spacial score (nSPS) is 16.5. The van der Waals surface area contributed by atoms with Crippen molar-refractivity contribution in [2.24, 2.45) is 0 Å². The quantitative estimate of drug-likeness (QED) is 0.920. The summed E-state index contributed by atoms with van der Waals surface area (Å²) in [6, 6.07) is 3.75. The molecule has 0 atom stereocenters. The molecule has 6 nitrogen and oxygen atoms in total. The third-order valence-electron chi connectivity index (χ3n) is 4.54. The molecule has 0 spiro atoms. The van der Waals surface area contributed by atoms with Crippen molar-refractivity contribution in [3.63, 3.8) is 0 Å². The zero-order chi connectivity index (χ0) is 17.3. The second-order valence-electron chi connectivity index (χ2n) is 6.46. The highest BCUT2D eigenvalue weighted by Gasteiger charge is 2.21. The molecule has 0 aliphatic carbocycles. The Morgan fingerprint density at radius 2 is 2.08 bits per heavy atom. The summed E-state index contributed by atoms with van der Waals surface area (Å²) in [5.74, 6) is 0.879. The van der Waals surface area contributed by atoms with Crippen LogP contribution in [-0.2, 0) is 6.54 Å². The lowest BCUT2D eigenvalue weighted by molar-refractivity contribution is 0.0886. The lowest BCUT2D eigenvalue weighted by Crippen LogP contribution is -2.43. The first kappa shape index (κ1) is 17.0. The smallest absolute Gasteiger partial charge is 0.287 e. The number of amides is 1. The number of hydrogen-bond acceptors (Lipinski definition) is 4. The Kier molecular flexibility index (Phi) is 4.96. The lowest BCUT2D eigenvalue weighted by Gasteiger charge is -2.29. The number of hydrogen-bond donors (Lipinski definition) is 1. The van der Waals surface area contributed by atoms with E-state index in [1.165, 1.54) is 0 Å². The zero-order valence-electron chi connectivity index (χ0n) is 14.3. The van der Waals surface area contributed by atoms with Crippen molar-refractivity contribution >= 4 is 17.5 Å². The van der Waals surface area contributed by atoms with Crippen LogP contribution in [0.1, 0.15) is 40.5 Å². The molecule has 130 valence electrons. The first-order valence-corrected chi connectivity index (χ1v) is 8.59. The molecule has 24 heavy (non-hydrogen) atoms.